The second-order valence-corrected chi connectivity index (χ2v) is 4.51. The first-order valence-corrected chi connectivity index (χ1v) is 5.92. The smallest absolute Gasteiger partial charge is 0.416 e. The van der Waals surface area contributed by atoms with Crippen LogP contribution in [0.15, 0.2) is 24.3 Å². The summed E-state index contributed by atoms with van der Waals surface area (Å²) in [7, 11) is 0. The third-order valence-corrected chi connectivity index (χ3v) is 3.52. The topological polar surface area (TPSA) is 82.8 Å². The fourth-order valence-electron chi connectivity index (χ4n) is 2.69. The van der Waals surface area contributed by atoms with Crippen molar-refractivity contribution in [3.63, 3.8) is 0 Å². The van der Waals surface area contributed by atoms with Gasteiger partial charge in [-0.15, -0.1) is 0 Å². The normalized spacial score (nSPS) is 14.4. The maximum atomic E-state index is 11.4. The molecule has 0 radical (unpaired) electrons. The zero-order valence-electron chi connectivity index (χ0n) is 10.0. The summed E-state index contributed by atoms with van der Waals surface area (Å²) in [4.78, 5) is 23.7. The number of para-hydroxylation sites is 1. The predicted octanol–water partition coefficient (Wildman–Crippen LogP) is 2.20. The summed E-state index contributed by atoms with van der Waals surface area (Å²) in [6.45, 7) is 0.515. The van der Waals surface area contributed by atoms with E-state index in [-0.39, 0.29) is 6.54 Å². The lowest BCUT2D eigenvalue weighted by molar-refractivity contribution is 0.138. The Bertz CT molecular complexity index is 689. The minimum Gasteiger partial charge on any atom is -0.465 e. The van der Waals surface area contributed by atoms with E-state index in [1.165, 1.54) is 9.47 Å². The van der Waals surface area contributed by atoms with Crippen molar-refractivity contribution in [2.75, 3.05) is 6.54 Å². The number of nitrogens with zero attached hydrogens (tertiary/aromatic N) is 2. The van der Waals surface area contributed by atoms with E-state index in [0.29, 0.717) is 24.2 Å². The van der Waals surface area contributed by atoms with E-state index in [0.717, 1.165) is 10.9 Å². The van der Waals surface area contributed by atoms with Gasteiger partial charge in [0.25, 0.3) is 0 Å². The van der Waals surface area contributed by atoms with Gasteiger partial charge >= 0.3 is 12.2 Å². The fourth-order valence-corrected chi connectivity index (χ4v) is 2.69. The van der Waals surface area contributed by atoms with Crippen LogP contribution < -0.4 is 0 Å². The minimum atomic E-state index is -1.08. The minimum absolute atomic E-state index is 0.117. The molecule has 1 aliphatic rings. The molecular weight excluding hydrogens is 248 g/mol. The average Bonchev–Trinajstić information content (AvgIpc) is 2.72. The standard InChI is InChI=1S/C13H12N2O4/c16-12(17)14-6-5-9-8-3-1-2-4-10(8)15(13(18)19)11(9)7-14/h1-4H,5-7H2,(H,16,17)(H,18,19). The first kappa shape index (κ1) is 11.6. The van der Waals surface area contributed by atoms with Gasteiger partial charge in [-0.25, -0.2) is 14.2 Å². The molecule has 6 nitrogen and oxygen atoms in total. The summed E-state index contributed by atoms with van der Waals surface area (Å²) in [6.07, 6.45) is -1.56. The number of carboxylic acid groups (broad SMARTS) is 2. The highest BCUT2D eigenvalue weighted by molar-refractivity contribution is 5.93. The number of carbonyl (C=O) groups is 2. The Labute approximate surface area is 108 Å². The van der Waals surface area contributed by atoms with Crippen molar-refractivity contribution in [3.05, 3.63) is 35.5 Å². The van der Waals surface area contributed by atoms with Gasteiger partial charge in [0.15, 0.2) is 0 Å². The van der Waals surface area contributed by atoms with E-state index in [9.17, 15) is 14.7 Å². The van der Waals surface area contributed by atoms with E-state index in [1.807, 2.05) is 12.1 Å². The SMILES string of the molecule is O=C(O)N1CCc2c(n(C(=O)O)c3ccccc23)C1. The lowest BCUT2D eigenvalue weighted by atomic mass is 10.0. The van der Waals surface area contributed by atoms with Gasteiger partial charge in [0, 0.05) is 11.9 Å². The van der Waals surface area contributed by atoms with Crippen LogP contribution in [0.1, 0.15) is 11.3 Å². The van der Waals surface area contributed by atoms with Crippen LogP contribution in [-0.4, -0.2) is 38.4 Å². The number of benzene rings is 1. The number of hydrogen-bond donors (Lipinski definition) is 2. The van der Waals surface area contributed by atoms with Gasteiger partial charge in [-0.3, -0.25) is 0 Å². The Hall–Kier alpha value is -2.50. The molecule has 0 aliphatic carbocycles. The molecule has 0 atom stereocenters. The van der Waals surface area contributed by atoms with Crippen LogP contribution in [0.2, 0.25) is 0 Å². The second-order valence-electron chi connectivity index (χ2n) is 4.51. The molecule has 3 rings (SSSR count). The van der Waals surface area contributed by atoms with E-state index in [2.05, 4.69) is 0 Å². The molecule has 6 heteroatoms. The summed E-state index contributed by atoms with van der Waals surface area (Å²) in [5, 5.41) is 19.3. The number of hydrogen-bond acceptors (Lipinski definition) is 2. The molecule has 19 heavy (non-hydrogen) atoms. The number of amides is 1. The summed E-state index contributed by atoms with van der Waals surface area (Å²) in [6, 6.07) is 7.26. The number of rotatable bonds is 0. The van der Waals surface area contributed by atoms with Gasteiger partial charge in [0.2, 0.25) is 0 Å². The average molecular weight is 260 g/mol. The summed E-state index contributed by atoms with van der Waals surface area (Å²) in [5.74, 6) is 0. The quantitative estimate of drug-likeness (QED) is 0.760. The zero-order valence-corrected chi connectivity index (χ0v) is 10.0. The third-order valence-electron chi connectivity index (χ3n) is 3.52. The lowest BCUT2D eigenvalue weighted by Gasteiger charge is -2.25. The Kier molecular flexibility index (Phi) is 2.45. The molecule has 2 N–H and O–H groups in total. The zero-order chi connectivity index (χ0) is 13.6. The molecule has 0 saturated heterocycles. The predicted molar refractivity (Wildman–Crippen MR) is 67.5 cm³/mol. The number of fused-ring (bicyclic) bond motifs is 3. The maximum Gasteiger partial charge on any atom is 0.416 e. The highest BCUT2D eigenvalue weighted by atomic mass is 16.4. The highest BCUT2D eigenvalue weighted by Crippen LogP contribution is 2.30. The van der Waals surface area contributed by atoms with Crippen LogP contribution in [-0.2, 0) is 13.0 Å². The summed E-state index contributed by atoms with van der Waals surface area (Å²) < 4.78 is 1.19. The van der Waals surface area contributed by atoms with Crippen molar-refractivity contribution >= 4 is 23.1 Å². The van der Waals surface area contributed by atoms with E-state index in [1.54, 1.807) is 12.1 Å². The van der Waals surface area contributed by atoms with Gasteiger partial charge in [0.05, 0.1) is 17.8 Å². The molecule has 98 valence electrons. The molecule has 2 aromatic rings. The van der Waals surface area contributed by atoms with E-state index >= 15 is 0 Å². The molecule has 0 bridgehead atoms. The molecule has 1 aromatic carbocycles. The third kappa shape index (κ3) is 1.64. The maximum absolute atomic E-state index is 11.4. The van der Waals surface area contributed by atoms with Gasteiger partial charge < -0.3 is 15.1 Å². The molecule has 1 amide bonds. The summed E-state index contributed by atoms with van der Waals surface area (Å²) in [5.41, 5.74) is 2.12. The molecule has 0 unspecified atom stereocenters. The van der Waals surface area contributed by atoms with Crippen LogP contribution in [0.3, 0.4) is 0 Å². The van der Waals surface area contributed by atoms with Crippen molar-refractivity contribution in [2.24, 2.45) is 0 Å². The molecule has 1 aromatic heterocycles. The van der Waals surface area contributed by atoms with Gasteiger partial charge in [-0.05, 0) is 18.1 Å². The molecule has 1 aliphatic heterocycles. The van der Waals surface area contributed by atoms with Crippen LogP contribution in [0.4, 0.5) is 9.59 Å². The van der Waals surface area contributed by atoms with Gasteiger partial charge in [-0.1, -0.05) is 18.2 Å². The monoisotopic (exact) mass is 260 g/mol. The van der Waals surface area contributed by atoms with Crippen LogP contribution >= 0.6 is 0 Å². The van der Waals surface area contributed by atoms with Crippen LogP contribution in [0, 0.1) is 0 Å². The molecule has 0 spiro atoms. The van der Waals surface area contributed by atoms with Crippen molar-refractivity contribution < 1.29 is 19.8 Å². The van der Waals surface area contributed by atoms with Gasteiger partial charge in [0.1, 0.15) is 0 Å². The highest BCUT2D eigenvalue weighted by Gasteiger charge is 2.28. The fraction of sp³-hybridized carbons (Fsp3) is 0.231. The largest absolute Gasteiger partial charge is 0.465 e. The summed E-state index contributed by atoms with van der Waals surface area (Å²) >= 11 is 0. The molecule has 2 heterocycles. The molecular formula is C13H12N2O4. The Balaban J connectivity index is 2.25. The van der Waals surface area contributed by atoms with E-state index in [4.69, 9.17) is 5.11 Å². The van der Waals surface area contributed by atoms with Crippen molar-refractivity contribution in [2.45, 2.75) is 13.0 Å². The Morgan fingerprint density at radius 1 is 1.11 bits per heavy atom. The van der Waals surface area contributed by atoms with Gasteiger partial charge in [-0.2, -0.15) is 0 Å². The van der Waals surface area contributed by atoms with E-state index < -0.39 is 12.2 Å². The molecule has 0 fully saturated rings. The van der Waals surface area contributed by atoms with Crippen molar-refractivity contribution in [3.8, 4) is 0 Å². The Morgan fingerprint density at radius 3 is 2.53 bits per heavy atom. The first-order chi connectivity index (χ1) is 9.09. The second kappa shape index (κ2) is 4.01. The first-order valence-electron chi connectivity index (χ1n) is 5.92. The van der Waals surface area contributed by atoms with Crippen molar-refractivity contribution in [1.29, 1.82) is 0 Å². The number of aromatic nitrogens is 1. The lowest BCUT2D eigenvalue weighted by Crippen LogP contribution is -2.36. The van der Waals surface area contributed by atoms with Crippen LogP contribution in [0.5, 0.6) is 0 Å². The van der Waals surface area contributed by atoms with Crippen molar-refractivity contribution in [1.82, 2.24) is 9.47 Å². The molecule has 0 saturated carbocycles. The van der Waals surface area contributed by atoms with Crippen LogP contribution in [0.25, 0.3) is 10.9 Å². The Morgan fingerprint density at radius 2 is 1.84 bits per heavy atom.